The van der Waals surface area contributed by atoms with E-state index in [9.17, 15) is 0 Å². The molecular formula is C56H43N3Si. The largest absolute Gasteiger partial charge is 0.309 e. The molecule has 0 aliphatic carbocycles. The molecule has 0 radical (unpaired) electrons. The molecule has 3 nitrogen and oxygen atoms in total. The minimum absolute atomic E-state index is 0.943. The lowest BCUT2D eigenvalue weighted by atomic mass is 10.00. The number of hydrogen-bond acceptors (Lipinski definition) is 1. The van der Waals surface area contributed by atoms with Gasteiger partial charge in [-0.15, -0.1) is 0 Å². The SMILES string of the molecule is C[Si](C)(C)c1ccc(-n2c3ccccc3c3cc(-c4ccc5c6ccccc6n(-c6cccc(-c7cc(-c8ccccc8)cc(-c8ccccc8)n7)c6)c5c4)ccc32)cc1. The van der Waals surface area contributed by atoms with Gasteiger partial charge in [-0.1, -0.05) is 164 Å². The van der Waals surface area contributed by atoms with Gasteiger partial charge < -0.3 is 9.13 Å². The van der Waals surface area contributed by atoms with Crippen molar-refractivity contribution in [2.45, 2.75) is 19.6 Å². The highest BCUT2D eigenvalue weighted by atomic mass is 28.3. The number of nitrogens with zero attached hydrogens (tertiary/aromatic N) is 3. The molecule has 0 bridgehead atoms. The Hall–Kier alpha value is -7.27. The quantitative estimate of drug-likeness (QED) is 0.148. The summed E-state index contributed by atoms with van der Waals surface area (Å²) in [5.74, 6) is 0. The summed E-state index contributed by atoms with van der Waals surface area (Å²) < 4.78 is 4.84. The van der Waals surface area contributed by atoms with Crippen molar-refractivity contribution in [1.82, 2.24) is 14.1 Å². The molecule has 11 rings (SSSR count). The molecule has 0 aliphatic rings. The van der Waals surface area contributed by atoms with Crippen molar-refractivity contribution in [2.24, 2.45) is 0 Å². The molecule has 0 amide bonds. The van der Waals surface area contributed by atoms with Gasteiger partial charge in [-0.3, -0.25) is 0 Å². The molecule has 11 aromatic rings. The van der Waals surface area contributed by atoms with Gasteiger partial charge in [0.15, 0.2) is 0 Å². The predicted molar refractivity (Wildman–Crippen MR) is 258 cm³/mol. The van der Waals surface area contributed by atoms with E-state index in [0.717, 1.165) is 33.8 Å². The van der Waals surface area contributed by atoms with Crippen LogP contribution in [0.5, 0.6) is 0 Å². The van der Waals surface area contributed by atoms with Crippen LogP contribution in [0.1, 0.15) is 0 Å². The molecule has 0 N–H and O–H groups in total. The maximum atomic E-state index is 5.27. The van der Waals surface area contributed by atoms with E-state index in [4.69, 9.17) is 4.98 Å². The van der Waals surface area contributed by atoms with Crippen LogP contribution in [-0.2, 0) is 0 Å². The van der Waals surface area contributed by atoms with E-state index in [2.05, 4.69) is 235 Å². The van der Waals surface area contributed by atoms with Gasteiger partial charge in [-0.2, -0.15) is 0 Å². The second kappa shape index (κ2) is 14.2. The fourth-order valence-corrected chi connectivity index (χ4v) is 10.2. The van der Waals surface area contributed by atoms with Crippen LogP contribution < -0.4 is 5.19 Å². The zero-order valence-corrected chi connectivity index (χ0v) is 35.0. The molecule has 3 heterocycles. The first kappa shape index (κ1) is 35.9. The van der Waals surface area contributed by atoms with E-state index in [1.807, 2.05) is 0 Å². The first-order valence-electron chi connectivity index (χ1n) is 20.8. The van der Waals surface area contributed by atoms with Gasteiger partial charge in [0.25, 0.3) is 0 Å². The molecule has 0 unspecified atom stereocenters. The number of rotatable bonds is 7. The smallest absolute Gasteiger partial charge is 0.0775 e. The van der Waals surface area contributed by atoms with Gasteiger partial charge in [0.05, 0.1) is 41.5 Å². The van der Waals surface area contributed by atoms with Gasteiger partial charge in [0.2, 0.25) is 0 Å². The molecule has 0 fully saturated rings. The molecule has 0 atom stereocenters. The van der Waals surface area contributed by atoms with Crippen molar-refractivity contribution < 1.29 is 0 Å². The molecule has 3 aromatic heterocycles. The zero-order chi connectivity index (χ0) is 40.4. The average molecular weight is 786 g/mol. The lowest BCUT2D eigenvalue weighted by Crippen LogP contribution is -2.37. The highest BCUT2D eigenvalue weighted by Gasteiger charge is 2.19. The number of para-hydroxylation sites is 2. The Morgan fingerprint density at radius 2 is 0.850 bits per heavy atom. The first-order valence-corrected chi connectivity index (χ1v) is 24.3. The lowest BCUT2D eigenvalue weighted by molar-refractivity contribution is 1.18. The van der Waals surface area contributed by atoms with Crippen molar-refractivity contribution in [3.63, 3.8) is 0 Å². The van der Waals surface area contributed by atoms with Crippen molar-refractivity contribution in [1.29, 1.82) is 0 Å². The summed E-state index contributed by atoms with van der Waals surface area (Å²) in [4.78, 5) is 5.27. The van der Waals surface area contributed by atoms with Crippen molar-refractivity contribution in [2.75, 3.05) is 0 Å². The van der Waals surface area contributed by atoms with Crippen LogP contribution in [-0.4, -0.2) is 22.2 Å². The lowest BCUT2D eigenvalue weighted by Gasteiger charge is -2.17. The number of aromatic nitrogens is 3. The van der Waals surface area contributed by atoms with E-state index in [-0.39, 0.29) is 0 Å². The van der Waals surface area contributed by atoms with E-state index in [1.54, 1.807) is 0 Å². The van der Waals surface area contributed by atoms with Crippen LogP contribution in [0, 0.1) is 0 Å². The monoisotopic (exact) mass is 785 g/mol. The topological polar surface area (TPSA) is 22.8 Å². The Kier molecular flexibility index (Phi) is 8.50. The first-order chi connectivity index (χ1) is 29.4. The Bertz CT molecular complexity index is 3330. The van der Waals surface area contributed by atoms with Crippen molar-refractivity contribution in [3.8, 4) is 56.1 Å². The molecule has 4 heteroatoms. The fourth-order valence-electron chi connectivity index (χ4n) is 9.01. The third-order valence-corrected chi connectivity index (χ3v) is 14.1. The van der Waals surface area contributed by atoms with Gasteiger partial charge in [-0.05, 0) is 89.0 Å². The molecule has 60 heavy (non-hydrogen) atoms. The van der Waals surface area contributed by atoms with Gasteiger partial charge in [-0.25, -0.2) is 4.98 Å². The maximum absolute atomic E-state index is 5.27. The molecule has 8 aromatic carbocycles. The summed E-state index contributed by atoms with van der Waals surface area (Å²) in [6.45, 7) is 7.22. The second-order valence-electron chi connectivity index (χ2n) is 16.9. The van der Waals surface area contributed by atoms with Crippen molar-refractivity contribution >= 4 is 56.9 Å². The van der Waals surface area contributed by atoms with Crippen LogP contribution in [0.25, 0.3) is 99.8 Å². The third-order valence-electron chi connectivity index (χ3n) is 12.1. The minimum atomic E-state index is -1.41. The Balaban J connectivity index is 1.05. The predicted octanol–water partition coefficient (Wildman–Crippen LogP) is 14.5. The number of pyridine rings is 1. The summed E-state index contributed by atoms with van der Waals surface area (Å²) in [6.07, 6.45) is 0. The van der Waals surface area contributed by atoms with E-state index in [1.165, 1.54) is 71.2 Å². The Morgan fingerprint density at radius 1 is 0.317 bits per heavy atom. The van der Waals surface area contributed by atoms with E-state index in [0.29, 0.717) is 0 Å². The van der Waals surface area contributed by atoms with Crippen LogP contribution in [0.4, 0.5) is 0 Å². The normalized spacial score (nSPS) is 11.9. The molecular weight excluding hydrogens is 743 g/mol. The zero-order valence-electron chi connectivity index (χ0n) is 34.0. The molecule has 0 saturated carbocycles. The van der Waals surface area contributed by atoms with E-state index >= 15 is 0 Å². The summed E-state index contributed by atoms with van der Waals surface area (Å²) in [7, 11) is -1.41. The molecule has 0 aliphatic heterocycles. The van der Waals surface area contributed by atoms with Crippen LogP contribution in [0.3, 0.4) is 0 Å². The molecule has 0 spiro atoms. The minimum Gasteiger partial charge on any atom is -0.309 e. The maximum Gasteiger partial charge on any atom is 0.0775 e. The van der Waals surface area contributed by atoms with E-state index < -0.39 is 8.07 Å². The Labute approximate surface area is 351 Å². The summed E-state index contributed by atoms with van der Waals surface area (Å²) >= 11 is 0. The highest BCUT2D eigenvalue weighted by Crippen LogP contribution is 2.39. The fraction of sp³-hybridized carbons (Fsp3) is 0.0536. The highest BCUT2D eigenvalue weighted by molar-refractivity contribution is 6.88. The summed E-state index contributed by atoms with van der Waals surface area (Å²) in [5.41, 5.74) is 15.9. The average Bonchev–Trinajstić information content (AvgIpc) is 3.81. The van der Waals surface area contributed by atoms with Crippen LogP contribution in [0.15, 0.2) is 206 Å². The number of fused-ring (bicyclic) bond motifs is 6. The van der Waals surface area contributed by atoms with Gasteiger partial charge in [0, 0.05) is 44.0 Å². The third kappa shape index (κ3) is 6.16. The molecule has 286 valence electrons. The van der Waals surface area contributed by atoms with Crippen LogP contribution >= 0.6 is 0 Å². The van der Waals surface area contributed by atoms with Gasteiger partial charge in [0.1, 0.15) is 0 Å². The van der Waals surface area contributed by atoms with Gasteiger partial charge >= 0.3 is 0 Å². The van der Waals surface area contributed by atoms with Crippen molar-refractivity contribution in [3.05, 3.63) is 206 Å². The number of benzene rings is 8. The molecule has 0 saturated heterocycles. The number of hydrogen-bond donors (Lipinski definition) is 0. The van der Waals surface area contributed by atoms with Crippen LogP contribution in [0.2, 0.25) is 19.6 Å². The second-order valence-corrected chi connectivity index (χ2v) is 22.0. The Morgan fingerprint density at radius 3 is 1.55 bits per heavy atom. The summed E-state index contributed by atoms with van der Waals surface area (Å²) in [5, 5.41) is 6.45. The standard InChI is InChI=1S/C56H43N3Si/c1-60(2,3)46-29-27-44(28-30-46)58-54-24-13-11-22-48(54)50-34-40(26-32-55(50)58)41-25-31-49-47-21-10-12-23-53(47)59(56(49)37-41)45-20-14-19-42(33-45)52-36-43(38-15-6-4-7-16-38)35-51(57-52)39-17-8-5-9-18-39/h4-37H,1-3H3. The summed E-state index contributed by atoms with van der Waals surface area (Å²) in [6, 6.07) is 75.1.